The second-order valence-corrected chi connectivity index (χ2v) is 6.04. The molecule has 0 aliphatic rings. The highest BCUT2D eigenvalue weighted by molar-refractivity contribution is 14.1. The molecule has 0 atom stereocenters. The number of fused-ring (bicyclic) bond motifs is 1. The van der Waals surface area contributed by atoms with Gasteiger partial charge in [-0.2, -0.15) is 0 Å². The van der Waals surface area contributed by atoms with E-state index in [9.17, 15) is 0 Å². The maximum Gasteiger partial charge on any atom is 0.0498 e. The number of benzene rings is 1. The summed E-state index contributed by atoms with van der Waals surface area (Å²) in [7, 11) is 0. The molecule has 0 fully saturated rings. The van der Waals surface area contributed by atoms with Gasteiger partial charge in [0.25, 0.3) is 0 Å². The molecule has 0 saturated heterocycles. The van der Waals surface area contributed by atoms with E-state index in [-0.39, 0.29) is 0 Å². The van der Waals surface area contributed by atoms with Crippen LogP contribution in [0.2, 0.25) is 0 Å². The van der Waals surface area contributed by atoms with Crippen molar-refractivity contribution in [1.82, 2.24) is 0 Å². The quantitative estimate of drug-likeness (QED) is 0.476. The van der Waals surface area contributed by atoms with E-state index in [1.54, 1.807) is 11.3 Å². The Morgan fingerprint density at radius 3 is 2.58 bits per heavy atom. The minimum absolute atomic E-state index is 1.08. The van der Waals surface area contributed by atoms with Gasteiger partial charge in [0.2, 0.25) is 0 Å². The summed E-state index contributed by atoms with van der Waals surface area (Å²) >= 11 is 10.9. The number of halogens is 2. The van der Waals surface area contributed by atoms with Crippen LogP contribution in [-0.2, 0) is 0 Å². The fourth-order valence-electron chi connectivity index (χ4n) is 1.06. The molecule has 0 bridgehead atoms. The number of hydrogen-bond acceptors (Lipinski definition) is 2. The molecule has 12 heavy (non-hydrogen) atoms. The van der Waals surface area contributed by atoms with Crippen molar-refractivity contribution in [2.24, 2.45) is 0 Å². The Morgan fingerprint density at radius 2 is 1.92 bits per heavy atom. The molecule has 0 aliphatic heterocycles. The van der Waals surface area contributed by atoms with Crippen molar-refractivity contribution in [2.75, 3.05) is 0 Å². The largest absolute Gasteiger partial charge is 0.143 e. The number of rotatable bonds is 0. The Morgan fingerprint density at radius 1 is 1.17 bits per heavy atom. The first kappa shape index (κ1) is 9.54. The third kappa shape index (κ3) is 1.51. The Balaban J connectivity index is 2.98. The zero-order chi connectivity index (χ0) is 8.72. The van der Waals surface area contributed by atoms with Gasteiger partial charge in [-0.3, -0.25) is 0 Å². The van der Waals surface area contributed by atoms with Crippen LogP contribution >= 0.6 is 69.1 Å². The normalized spacial score (nSPS) is 10.9. The summed E-state index contributed by atoms with van der Waals surface area (Å²) in [4.78, 5) is 1.08. The van der Waals surface area contributed by atoms with Crippen molar-refractivity contribution in [2.45, 2.75) is 4.90 Å². The zero-order valence-electron chi connectivity index (χ0n) is 5.84. The van der Waals surface area contributed by atoms with E-state index in [0.29, 0.717) is 0 Å². The Kier molecular flexibility index (Phi) is 2.88. The van der Waals surface area contributed by atoms with Crippen LogP contribution in [-0.4, -0.2) is 0 Å². The first-order valence-corrected chi connectivity index (χ1v) is 6.73. The van der Waals surface area contributed by atoms with Crippen LogP contribution < -0.4 is 0 Å². The van der Waals surface area contributed by atoms with Crippen LogP contribution in [0.15, 0.2) is 22.4 Å². The molecule has 0 saturated carbocycles. The lowest BCUT2D eigenvalue weighted by atomic mass is 10.3. The third-order valence-electron chi connectivity index (χ3n) is 1.61. The summed E-state index contributed by atoms with van der Waals surface area (Å²) in [6.07, 6.45) is 0. The summed E-state index contributed by atoms with van der Waals surface area (Å²) in [6, 6.07) is 4.17. The van der Waals surface area contributed by atoms with Crippen LogP contribution in [0.5, 0.6) is 0 Å². The minimum atomic E-state index is 1.08. The fraction of sp³-hybridized carbons (Fsp3) is 0. The van der Waals surface area contributed by atoms with Gasteiger partial charge in [0.05, 0.1) is 0 Å². The molecule has 4 heteroatoms. The van der Waals surface area contributed by atoms with Crippen LogP contribution in [0.4, 0.5) is 0 Å². The van der Waals surface area contributed by atoms with E-state index in [1.165, 1.54) is 17.2 Å². The van der Waals surface area contributed by atoms with Crippen LogP contribution in [0, 0.1) is 7.14 Å². The predicted octanol–water partition coefficient (Wildman–Crippen LogP) is 4.40. The van der Waals surface area contributed by atoms with Gasteiger partial charge in [0, 0.05) is 27.5 Å². The lowest BCUT2D eigenvalue weighted by Crippen LogP contribution is -1.74. The zero-order valence-corrected chi connectivity index (χ0v) is 11.9. The molecule has 1 heterocycles. The van der Waals surface area contributed by atoms with Gasteiger partial charge in [0.15, 0.2) is 0 Å². The molecule has 0 nitrogen and oxygen atoms in total. The number of thiol groups is 1. The van der Waals surface area contributed by atoms with Gasteiger partial charge in [-0.05, 0) is 57.3 Å². The monoisotopic (exact) mass is 418 g/mol. The molecule has 0 aliphatic carbocycles. The van der Waals surface area contributed by atoms with E-state index in [4.69, 9.17) is 0 Å². The first-order chi connectivity index (χ1) is 5.70. The van der Waals surface area contributed by atoms with Crippen molar-refractivity contribution < 1.29 is 0 Å². The fourth-order valence-corrected chi connectivity index (χ4v) is 4.47. The summed E-state index contributed by atoms with van der Waals surface area (Å²) in [5.41, 5.74) is 0. The van der Waals surface area contributed by atoms with Crippen molar-refractivity contribution >= 4 is 79.2 Å². The maximum absolute atomic E-state index is 4.43. The van der Waals surface area contributed by atoms with Crippen molar-refractivity contribution in [3.05, 3.63) is 24.7 Å². The summed E-state index contributed by atoms with van der Waals surface area (Å²) in [5, 5.41) is 3.48. The van der Waals surface area contributed by atoms with Crippen LogP contribution in [0.25, 0.3) is 10.1 Å². The van der Waals surface area contributed by atoms with Crippen molar-refractivity contribution in [3.63, 3.8) is 0 Å². The van der Waals surface area contributed by atoms with E-state index < -0.39 is 0 Å². The molecule has 0 radical (unpaired) electrons. The molecule has 1 aromatic heterocycles. The topological polar surface area (TPSA) is 0 Å². The highest BCUT2D eigenvalue weighted by Crippen LogP contribution is 2.34. The smallest absolute Gasteiger partial charge is 0.0498 e. The molecule has 0 N–H and O–H groups in total. The summed E-state index contributed by atoms with van der Waals surface area (Å²) < 4.78 is 3.97. The highest BCUT2D eigenvalue weighted by Gasteiger charge is 2.07. The first-order valence-electron chi connectivity index (χ1n) is 3.24. The van der Waals surface area contributed by atoms with E-state index in [1.807, 2.05) is 0 Å². The predicted molar refractivity (Wildman–Crippen MR) is 74.5 cm³/mol. The summed E-state index contributed by atoms with van der Waals surface area (Å²) in [5.74, 6) is 0. The minimum Gasteiger partial charge on any atom is -0.143 e. The molecule has 0 amide bonds. The molecule has 62 valence electrons. The molecule has 0 spiro atoms. The SMILES string of the molecule is Sc1ccc(I)c2scc(I)c12. The van der Waals surface area contributed by atoms with Crippen LogP contribution in [0.1, 0.15) is 0 Å². The molecular formula is C8H4I2S2. The van der Waals surface area contributed by atoms with E-state index in [0.717, 1.165) is 4.90 Å². The third-order valence-corrected chi connectivity index (χ3v) is 5.53. The lowest BCUT2D eigenvalue weighted by molar-refractivity contribution is 1.56. The molecular weight excluding hydrogens is 414 g/mol. The molecule has 0 unspecified atom stereocenters. The van der Waals surface area contributed by atoms with Crippen LogP contribution in [0.3, 0.4) is 0 Å². The average Bonchev–Trinajstić information content (AvgIpc) is 2.42. The highest BCUT2D eigenvalue weighted by atomic mass is 127. The Hall–Kier alpha value is 0.990. The van der Waals surface area contributed by atoms with Gasteiger partial charge >= 0.3 is 0 Å². The second-order valence-electron chi connectivity index (χ2n) is 2.35. The maximum atomic E-state index is 4.43. The van der Waals surface area contributed by atoms with Crippen molar-refractivity contribution in [1.29, 1.82) is 0 Å². The second kappa shape index (κ2) is 3.62. The van der Waals surface area contributed by atoms with Gasteiger partial charge < -0.3 is 0 Å². The van der Waals surface area contributed by atoms with Gasteiger partial charge in [-0.15, -0.1) is 24.0 Å². The molecule has 2 rings (SSSR count). The van der Waals surface area contributed by atoms with E-state index in [2.05, 4.69) is 75.3 Å². The van der Waals surface area contributed by atoms with Crippen molar-refractivity contribution in [3.8, 4) is 0 Å². The Labute approximate surface area is 107 Å². The van der Waals surface area contributed by atoms with Gasteiger partial charge in [-0.25, -0.2) is 0 Å². The standard InChI is InChI=1S/C8H4I2S2/c9-4-1-2-6(11)7-5(10)3-12-8(4)7/h1-3,11H. The number of hydrogen-bond donors (Lipinski definition) is 1. The Bertz CT molecular complexity index is 434. The molecule has 2 aromatic rings. The average molecular weight is 418 g/mol. The van der Waals surface area contributed by atoms with Gasteiger partial charge in [-0.1, -0.05) is 0 Å². The summed E-state index contributed by atoms with van der Waals surface area (Å²) in [6.45, 7) is 0. The van der Waals surface area contributed by atoms with E-state index >= 15 is 0 Å². The molecule has 1 aromatic carbocycles. The number of thiophene rings is 1. The van der Waals surface area contributed by atoms with Gasteiger partial charge in [0.1, 0.15) is 0 Å². The lowest BCUT2D eigenvalue weighted by Gasteiger charge is -1.97.